The Kier molecular flexibility index (Phi) is 7.75. The highest BCUT2D eigenvalue weighted by Gasteiger charge is 2.19. The number of amides is 2. The summed E-state index contributed by atoms with van der Waals surface area (Å²) in [7, 11) is 1.46. The molecule has 11 heteroatoms. The number of aromatic nitrogens is 1. The van der Waals surface area contributed by atoms with E-state index in [2.05, 4.69) is 10.6 Å². The predicted molar refractivity (Wildman–Crippen MR) is 110 cm³/mol. The predicted octanol–water partition coefficient (Wildman–Crippen LogP) is -0.416. The molecular formula is C20H24N4O7. The summed E-state index contributed by atoms with van der Waals surface area (Å²) in [5.74, 6) is -3.95. The van der Waals surface area contributed by atoms with Crippen LogP contribution in [0.25, 0.3) is 0 Å². The van der Waals surface area contributed by atoms with Gasteiger partial charge in [0.2, 0.25) is 0 Å². The molecule has 1 aromatic carbocycles. The molecule has 31 heavy (non-hydrogen) atoms. The lowest BCUT2D eigenvalue weighted by molar-refractivity contribution is 0.0948. The van der Waals surface area contributed by atoms with Crippen LogP contribution in [0.2, 0.25) is 0 Å². The Hall–Kier alpha value is -3.86. The topological polar surface area (TPSA) is 184 Å². The number of hydrogen-bond donors (Lipinski definition) is 6. The van der Waals surface area contributed by atoms with Crippen LogP contribution in [-0.4, -0.2) is 57.1 Å². The van der Waals surface area contributed by atoms with Gasteiger partial charge in [-0.2, -0.15) is 0 Å². The Bertz CT molecular complexity index is 1060. The van der Waals surface area contributed by atoms with Crippen LogP contribution in [0, 0.1) is 0 Å². The Labute approximate surface area is 177 Å². The lowest BCUT2D eigenvalue weighted by Crippen LogP contribution is -2.33. The van der Waals surface area contributed by atoms with E-state index in [4.69, 9.17) is 5.73 Å². The standard InChI is InChI=1S/C20H24N4O7/c1-24-10-6-13(17(28)20(24)31)19(30)23-9-8-22-7-2-3-14(25)11-4-5-12(18(21)29)16(27)15(11)26/h4-6,10,22,26-28H,2-3,7-9H2,1H3,(H2,21,29)(H,23,30). The number of rotatable bonds is 10. The summed E-state index contributed by atoms with van der Waals surface area (Å²) in [6, 6.07) is 3.74. The summed E-state index contributed by atoms with van der Waals surface area (Å²) in [6.07, 6.45) is 1.87. The number of ketones is 1. The number of benzene rings is 1. The number of carbonyl (C=O) groups is 3. The number of nitrogens with zero attached hydrogens (tertiary/aromatic N) is 1. The number of phenols is 2. The third kappa shape index (κ3) is 5.60. The molecule has 2 aromatic rings. The van der Waals surface area contributed by atoms with Crippen LogP contribution in [-0.2, 0) is 7.05 Å². The van der Waals surface area contributed by atoms with E-state index < -0.39 is 40.4 Å². The van der Waals surface area contributed by atoms with Gasteiger partial charge in [-0.15, -0.1) is 0 Å². The van der Waals surface area contributed by atoms with Crippen molar-refractivity contribution in [3.05, 3.63) is 51.4 Å². The fraction of sp³-hybridized carbons (Fsp3) is 0.300. The minimum absolute atomic E-state index is 0.0729. The molecule has 0 saturated heterocycles. The monoisotopic (exact) mass is 432 g/mol. The number of nitrogens with one attached hydrogen (secondary N) is 2. The third-order valence-electron chi connectivity index (χ3n) is 4.55. The minimum atomic E-state index is -0.923. The number of carbonyl (C=O) groups excluding carboxylic acids is 3. The molecule has 0 fully saturated rings. The van der Waals surface area contributed by atoms with E-state index >= 15 is 0 Å². The summed E-state index contributed by atoms with van der Waals surface area (Å²) in [6.45, 7) is 1.04. The van der Waals surface area contributed by atoms with Gasteiger partial charge in [-0.3, -0.25) is 19.2 Å². The average Bonchev–Trinajstić information content (AvgIpc) is 2.72. The van der Waals surface area contributed by atoms with Crippen LogP contribution in [0.1, 0.15) is 43.9 Å². The van der Waals surface area contributed by atoms with Gasteiger partial charge >= 0.3 is 0 Å². The van der Waals surface area contributed by atoms with Gasteiger partial charge in [-0.05, 0) is 31.2 Å². The zero-order valence-electron chi connectivity index (χ0n) is 16.8. The molecule has 1 heterocycles. The largest absolute Gasteiger partial charge is 0.504 e. The van der Waals surface area contributed by atoms with Crippen molar-refractivity contribution in [3.8, 4) is 17.2 Å². The van der Waals surface area contributed by atoms with Crippen LogP contribution in [0.15, 0.2) is 29.2 Å². The highest BCUT2D eigenvalue weighted by atomic mass is 16.3. The number of aromatic hydroxyl groups is 3. The molecule has 0 aliphatic carbocycles. The zero-order chi connectivity index (χ0) is 23.1. The number of nitrogens with two attached hydrogens (primary N) is 1. The molecule has 0 bridgehead atoms. The third-order valence-corrected chi connectivity index (χ3v) is 4.55. The maximum absolute atomic E-state index is 12.2. The number of pyridine rings is 1. The summed E-state index contributed by atoms with van der Waals surface area (Å²) in [5, 5.41) is 35.0. The second kappa shape index (κ2) is 10.3. The lowest BCUT2D eigenvalue weighted by Gasteiger charge is -2.09. The maximum Gasteiger partial charge on any atom is 0.293 e. The first-order valence-corrected chi connectivity index (χ1v) is 9.40. The van der Waals surface area contributed by atoms with Gasteiger partial charge in [0.05, 0.1) is 16.7 Å². The molecule has 0 radical (unpaired) electrons. The highest BCUT2D eigenvalue weighted by molar-refractivity contribution is 6.03. The normalized spacial score (nSPS) is 10.6. The van der Waals surface area contributed by atoms with E-state index in [0.717, 1.165) is 4.57 Å². The van der Waals surface area contributed by atoms with Crippen molar-refractivity contribution in [2.75, 3.05) is 19.6 Å². The van der Waals surface area contributed by atoms with Crippen molar-refractivity contribution < 1.29 is 29.7 Å². The van der Waals surface area contributed by atoms with E-state index in [1.165, 1.54) is 31.4 Å². The molecule has 0 saturated carbocycles. The van der Waals surface area contributed by atoms with E-state index in [1.54, 1.807) is 0 Å². The lowest BCUT2D eigenvalue weighted by atomic mass is 10.0. The molecule has 7 N–H and O–H groups in total. The fourth-order valence-electron chi connectivity index (χ4n) is 2.80. The number of Topliss-reactive ketones (excluding diaryl/α,β-unsaturated/α-hetero) is 1. The molecule has 2 rings (SSSR count). The van der Waals surface area contributed by atoms with Crippen molar-refractivity contribution in [2.45, 2.75) is 12.8 Å². The first-order chi connectivity index (χ1) is 14.6. The van der Waals surface area contributed by atoms with Crippen molar-refractivity contribution >= 4 is 17.6 Å². The SMILES string of the molecule is Cn1ccc(C(=O)NCCNCCCC(=O)c2ccc(C(N)=O)c(O)c2O)c(O)c1=O. The first-order valence-electron chi connectivity index (χ1n) is 9.40. The zero-order valence-corrected chi connectivity index (χ0v) is 16.8. The molecule has 0 atom stereocenters. The second-order valence-electron chi connectivity index (χ2n) is 6.75. The van der Waals surface area contributed by atoms with Gasteiger partial charge in [0.25, 0.3) is 17.4 Å². The van der Waals surface area contributed by atoms with Crippen LogP contribution < -0.4 is 21.9 Å². The Balaban J connectivity index is 1.73. The molecule has 166 valence electrons. The number of primary amides is 1. The molecule has 0 spiro atoms. The van der Waals surface area contributed by atoms with Crippen molar-refractivity contribution in [3.63, 3.8) is 0 Å². The smallest absolute Gasteiger partial charge is 0.293 e. The quantitative estimate of drug-likeness (QED) is 0.166. The van der Waals surface area contributed by atoms with Gasteiger partial charge < -0.3 is 36.3 Å². The summed E-state index contributed by atoms with van der Waals surface area (Å²) in [4.78, 5) is 47.0. The number of phenolic OH excluding ortho intramolecular Hbond substituents is 1. The van der Waals surface area contributed by atoms with Crippen LogP contribution in [0.5, 0.6) is 17.2 Å². The van der Waals surface area contributed by atoms with E-state index in [1.807, 2.05) is 0 Å². The maximum atomic E-state index is 12.2. The van der Waals surface area contributed by atoms with Gasteiger partial charge in [0.1, 0.15) is 0 Å². The van der Waals surface area contributed by atoms with E-state index in [9.17, 15) is 34.5 Å². The second-order valence-corrected chi connectivity index (χ2v) is 6.75. The summed E-state index contributed by atoms with van der Waals surface area (Å²) in [5.41, 5.74) is 3.90. The molecule has 0 unspecified atom stereocenters. The number of aryl methyl sites for hydroxylation is 1. The number of hydrogen-bond acceptors (Lipinski definition) is 8. The van der Waals surface area contributed by atoms with Crippen molar-refractivity contribution in [2.24, 2.45) is 12.8 Å². The molecule has 11 nitrogen and oxygen atoms in total. The van der Waals surface area contributed by atoms with Crippen LogP contribution in [0.3, 0.4) is 0 Å². The Morgan fingerprint density at radius 3 is 2.26 bits per heavy atom. The van der Waals surface area contributed by atoms with E-state index in [-0.39, 0.29) is 29.7 Å². The summed E-state index contributed by atoms with van der Waals surface area (Å²) < 4.78 is 1.15. The molecule has 0 aliphatic rings. The van der Waals surface area contributed by atoms with Gasteiger partial charge in [0.15, 0.2) is 23.0 Å². The fourth-order valence-corrected chi connectivity index (χ4v) is 2.80. The average molecular weight is 432 g/mol. The van der Waals surface area contributed by atoms with Crippen molar-refractivity contribution in [1.82, 2.24) is 15.2 Å². The van der Waals surface area contributed by atoms with Crippen LogP contribution in [0.4, 0.5) is 0 Å². The Morgan fingerprint density at radius 2 is 1.58 bits per heavy atom. The van der Waals surface area contributed by atoms with Gasteiger partial charge in [0, 0.05) is 32.8 Å². The molecular weight excluding hydrogens is 408 g/mol. The van der Waals surface area contributed by atoms with Gasteiger partial charge in [-0.1, -0.05) is 0 Å². The Morgan fingerprint density at radius 1 is 0.935 bits per heavy atom. The van der Waals surface area contributed by atoms with Crippen LogP contribution >= 0.6 is 0 Å². The highest BCUT2D eigenvalue weighted by Crippen LogP contribution is 2.33. The summed E-state index contributed by atoms with van der Waals surface area (Å²) >= 11 is 0. The van der Waals surface area contributed by atoms with Crippen molar-refractivity contribution in [1.29, 1.82) is 0 Å². The minimum Gasteiger partial charge on any atom is -0.504 e. The van der Waals surface area contributed by atoms with E-state index in [0.29, 0.717) is 19.5 Å². The first kappa shape index (κ1) is 23.4. The molecule has 0 aliphatic heterocycles. The molecule has 1 aromatic heterocycles. The van der Waals surface area contributed by atoms with Gasteiger partial charge in [-0.25, -0.2) is 0 Å². The molecule has 2 amide bonds.